The van der Waals surface area contributed by atoms with Crippen LogP contribution in [0.5, 0.6) is 0 Å². The van der Waals surface area contributed by atoms with Crippen molar-refractivity contribution < 1.29 is 15.0 Å². The first-order valence-corrected chi connectivity index (χ1v) is 9.47. The van der Waals surface area contributed by atoms with Crippen molar-refractivity contribution in [3.05, 3.63) is 101 Å². The van der Waals surface area contributed by atoms with Gasteiger partial charge in [0.1, 0.15) is 5.69 Å². The van der Waals surface area contributed by atoms with Crippen LogP contribution < -0.4 is 0 Å². The molecule has 1 aliphatic rings. The third-order valence-corrected chi connectivity index (χ3v) is 5.68. The number of benzene rings is 3. The molecule has 0 saturated carbocycles. The monoisotopic (exact) mass is 381 g/mol. The van der Waals surface area contributed by atoms with Gasteiger partial charge in [-0.1, -0.05) is 66.7 Å². The quantitative estimate of drug-likeness (QED) is 0.524. The molecular formula is C25H19NO3. The molecule has 3 aromatic carbocycles. The van der Waals surface area contributed by atoms with E-state index in [0.717, 1.165) is 38.7 Å². The number of hydrogen-bond acceptors (Lipinski definition) is 2. The number of rotatable bonds is 3. The lowest BCUT2D eigenvalue weighted by atomic mass is 9.92. The van der Waals surface area contributed by atoms with Gasteiger partial charge in [0.25, 0.3) is 0 Å². The molecule has 1 unspecified atom stereocenters. The largest absolute Gasteiger partial charge is 0.477 e. The molecule has 0 aliphatic heterocycles. The molecule has 0 bridgehead atoms. The minimum atomic E-state index is -0.964. The number of aryl methyl sites for hydroxylation is 1. The zero-order valence-corrected chi connectivity index (χ0v) is 15.8. The Morgan fingerprint density at radius 2 is 1.59 bits per heavy atom. The Morgan fingerprint density at radius 1 is 0.897 bits per heavy atom. The molecule has 0 saturated heterocycles. The van der Waals surface area contributed by atoms with Gasteiger partial charge in [0.15, 0.2) is 0 Å². The van der Waals surface area contributed by atoms with E-state index in [1.165, 1.54) is 0 Å². The van der Waals surface area contributed by atoms with Crippen LogP contribution >= 0.6 is 0 Å². The summed E-state index contributed by atoms with van der Waals surface area (Å²) in [4.78, 5) is 12.2. The van der Waals surface area contributed by atoms with E-state index in [0.29, 0.717) is 5.56 Å². The number of aromatic carboxylic acids is 1. The van der Waals surface area contributed by atoms with Gasteiger partial charge in [0.05, 0.1) is 6.10 Å². The molecule has 0 fully saturated rings. The van der Waals surface area contributed by atoms with Gasteiger partial charge in [-0.3, -0.25) is 0 Å². The number of nitrogens with zero attached hydrogens (tertiary/aromatic N) is 1. The van der Waals surface area contributed by atoms with Crippen LogP contribution in [0.2, 0.25) is 0 Å². The standard InChI is InChI=1S/C25H19NO3/c1-26-20-13-7-12-18(19-14-21(27)17-11-6-5-10-16(17)19)23(20)22(24(26)25(28)29)15-8-3-2-4-9-15/h2-14,21,27H,1H3,(H,28,29). The summed E-state index contributed by atoms with van der Waals surface area (Å²) in [5, 5.41) is 21.4. The van der Waals surface area contributed by atoms with Gasteiger partial charge >= 0.3 is 5.97 Å². The number of carbonyl (C=O) groups is 1. The number of carboxylic acids is 1. The minimum absolute atomic E-state index is 0.256. The van der Waals surface area contributed by atoms with Crippen molar-refractivity contribution in [1.82, 2.24) is 4.57 Å². The normalized spacial score (nSPS) is 15.4. The minimum Gasteiger partial charge on any atom is -0.477 e. The maximum absolute atomic E-state index is 12.2. The fraction of sp³-hybridized carbons (Fsp3) is 0.0800. The van der Waals surface area contributed by atoms with Crippen molar-refractivity contribution >= 4 is 22.4 Å². The number of aromatic nitrogens is 1. The van der Waals surface area contributed by atoms with Gasteiger partial charge in [-0.25, -0.2) is 4.79 Å². The second-order valence-corrected chi connectivity index (χ2v) is 7.27. The number of fused-ring (bicyclic) bond motifs is 2. The third-order valence-electron chi connectivity index (χ3n) is 5.68. The lowest BCUT2D eigenvalue weighted by molar-refractivity contribution is 0.0688. The lowest BCUT2D eigenvalue weighted by Crippen LogP contribution is -2.05. The first kappa shape index (κ1) is 17.5. The highest BCUT2D eigenvalue weighted by Crippen LogP contribution is 2.44. The van der Waals surface area contributed by atoms with Gasteiger partial charge in [0, 0.05) is 23.5 Å². The van der Waals surface area contributed by atoms with E-state index in [2.05, 4.69) is 0 Å². The van der Waals surface area contributed by atoms with Gasteiger partial charge in [-0.15, -0.1) is 0 Å². The summed E-state index contributed by atoms with van der Waals surface area (Å²) < 4.78 is 1.74. The lowest BCUT2D eigenvalue weighted by Gasteiger charge is -2.10. The predicted octanol–water partition coefficient (Wildman–Crippen LogP) is 5.02. The summed E-state index contributed by atoms with van der Waals surface area (Å²) in [5.74, 6) is -0.964. The zero-order valence-electron chi connectivity index (χ0n) is 15.8. The molecule has 5 rings (SSSR count). The average molecular weight is 381 g/mol. The van der Waals surface area contributed by atoms with E-state index >= 15 is 0 Å². The molecule has 1 aromatic heterocycles. The number of hydrogen-bond donors (Lipinski definition) is 2. The topological polar surface area (TPSA) is 62.5 Å². The molecular weight excluding hydrogens is 362 g/mol. The summed E-state index contributed by atoms with van der Waals surface area (Å²) in [7, 11) is 1.79. The van der Waals surface area contributed by atoms with Crippen LogP contribution in [0, 0.1) is 0 Å². The Labute approximate surface area is 168 Å². The fourth-order valence-corrected chi connectivity index (χ4v) is 4.42. The van der Waals surface area contributed by atoms with Gasteiger partial charge < -0.3 is 14.8 Å². The van der Waals surface area contributed by atoms with Crippen molar-refractivity contribution in [3.8, 4) is 11.1 Å². The van der Waals surface area contributed by atoms with Crippen molar-refractivity contribution in [2.75, 3.05) is 0 Å². The number of aliphatic hydroxyl groups excluding tert-OH is 1. The van der Waals surface area contributed by atoms with E-state index in [9.17, 15) is 15.0 Å². The van der Waals surface area contributed by atoms with Crippen LogP contribution in [0.15, 0.2) is 78.9 Å². The summed E-state index contributed by atoms with van der Waals surface area (Å²) in [6.45, 7) is 0. The smallest absolute Gasteiger partial charge is 0.353 e. The molecule has 0 amide bonds. The number of carboxylic acid groups (broad SMARTS) is 1. The highest BCUT2D eigenvalue weighted by Gasteiger charge is 2.28. The Hall–Kier alpha value is -3.63. The molecule has 4 nitrogen and oxygen atoms in total. The zero-order chi connectivity index (χ0) is 20.1. The van der Waals surface area contributed by atoms with Crippen LogP contribution in [0.3, 0.4) is 0 Å². The molecule has 4 heteroatoms. The van der Waals surface area contributed by atoms with Crippen LogP contribution in [0.1, 0.15) is 33.3 Å². The molecule has 4 aromatic rings. The van der Waals surface area contributed by atoms with Crippen LogP contribution in [-0.2, 0) is 7.05 Å². The summed E-state index contributed by atoms with van der Waals surface area (Å²) in [5.41, 5.74) is 6.36. The molecule has 0 radical (unpaired) electrons. The maximum atomic E-state index is 12.2. The summed E-state index contributed by atoms with van der Waals surface area (Å²) >= 11 is 0. The maximum Gasteiger partial charge on any atom is 0.353 e. The van der Waals surface area contributed by atoms with Crippen LogP contribution in [0.4, 0.5) is 0 Å². The second-order valence-electron chi connectivity index (χ2n) is 7.27. The van der Waals surface area contributed by atoms with Gasteiger partial charge in [0.2, 0.25) is 0 Å². The van der Waals surface area contributed by atoms with Gasteiger partial charge in [-0.05, 0) is 40.0 Å². The van der Waals surface area contributed by atoms with E-state index in [4.69, 9.17) is 0 Å². The first-order valence-electron chi connectivity index (χ1n) is 9.47. The first-order chi connectivity index (χ1) is 14.1. The number of aliphatic hydroxyl groups is 1. The molecule has 29 heavy (non-hydrogen) atoms. The molecule has 1 atom stereocenters. The van der Waals surface area contributed by atoms with Crippen molar-refractivity contribution in [2.24, 2.45) is 7.05 Å². The predicted molar refractivity (Wildman–Crippen MR) is 114 cm³/mol. The van der Waals surface area contributed by atoms with E-state index in [1.807, 2.05) is 78.9 Å². The van der Waals surface area contributed by atoms with Crippen molar-refractivity contribution in [1.29, 1.82) is 0 Å². The van der Waals surface area contributed by atoms with Crippen molar-refractivity contribution in [3.63, 3.8) is 0 Å². The van der Waals surface area contributed by atoms with Crippen LogP contribution in [-0.4, -0.2) is 20.7 Å². The highest BCUT2D eigenvalue weighted by molar-refractivity contribution is 6.13. The van der Waals surface area contributed by atoms with E-state index in [1.54, 1.807) is 11.6 Å². The van der Waals surface area contributed by atoms with Crippen molar-refractivity contribution in [2.45, 2.75) is 6.10 Å². The van der Waals surface area contributed by atoms with Crippen LogP contribution in [0.25, 0.3) is 27.6 Å². The Morgan fingerprint density at radius 3 is 2.34 bits per heavy atom. The second kappa shape index (κ2) is 6.47. The summed E-state index contributed by atoms with van der Waals surface area (Å²) in [6, 6.07) is 23.3. The molecule has 1 heterocycles. The average Bonchev–Trinajstić information content (AvgIpc) is 3.24. The Balaban J connectivity index is 1.90. The fourth-order valence-electron chi connectivity index (χ4n) is 4.42. The van der Waals surface area contributed by atoms with E-state index in [-0.39, 0.29) is 5.69 Å². The summed E-state index contributed by atoms with van der Waals surface area (Å²) in [6.07, 6.45) is 1.18. The highest BCUT2D eigenvalue weighted by atomic mass is 16.4. The van der Waals surface area contributed by atoms with Gasteiger partial charge in [-0.2, -0.15) is 0 Å². The SMILES string of the molecule is Cn1c(C(=O)O)c(-c2ccccc2)c2c(C3=CC(O)c4ccccc43)cccc21. The Bertz CT molecular complexity index is 1300. The molecule has 2 N–H and O–H groups in total. The molecule has 1 aliphatic carbocycles. The molecule has 0 spiro atoms. The Kier molecular flexibility index (Phi) is 3.89. The third kappa shape index (κ3) is 2.53. The molecule has 142 valence electrons. The van der Waals surface area contributed by atoms with E-state index < -0.39 is 12.1 Å².